The number of hydrogen-bond donors (Lipinski definition) is 1. The minimum atomic E-state index is -0.387. The predicted molar refractivity (Wildman–Crippen MR) is 116 cm³/mol. The zero-order valence-electron chi connectivity index (χ0n) is 16.1. The average molecular weight is 460 g/mol. The van der Waals surface area contributed by atoms with E-state index < -0.39 is 0 Å². The van der Waals surface area contributed by atoms with Crippen LogP contribution >= 0.6 is 23.2 Å². The lowest BCUT2D eigenvalue weighted by Crippen LogP contribution is -2.28. The van der Waals surface area contributed by atoms with Gasteiger partial charge in [-0.25, -0.2) is 14.1 Å². The second kappa shape index (κ2) is 8.87. The van der Waals surface area contributed by atoms with Crippen molar-refractivity contribution in [3.63, 3.8) is 0 Å². The number of benzene rings is 2. The van der Waals surface area contributed by atoms with Gasteiger partial charge in [0.2, 0.25) is 0 Å². The highest BCUT2D eigenvalue weighted by molar-refractivity contribution is 6.36. The van der Waals surface area contributed by atoms with Gasteiger partial charge in [0, 0.05) is 17.1 Å². The number of halogens is 3. The van der Waals surface area contributed by atoms with E-state index in [1.165, 1.54) is 33.9 Å². The maximum atomic E-state index is 13.9. The van der Waals surface area contributed by atoms with Crippen molar-refractivity contribution in [3.05, 3.63) is 92.3 Å². The van der Waals surface area contributed by atoms with Crippen molar-refractivity contribution in [3.8, 4) is 0 Å². The number of fused-ring (bicyclic) bond motifs is 1. The molecule has 0 saturated heterocycles. The zero-order chi connectivity index (χ0) is 22.0. The molecule has 1 amide bonds. The smallest absolute Gasteiger partial charge is 0.264 e. The SMILES string of the molecule is O=C(NCCn1ncc2c(=O)n(Cc3ccccc3F)cnc21)c1ccc(Cl)cc1Cl. The van der Waals surface area contributed by atoms with E-state index in [4.69, 9.17) is 23.2 Å². The summed E-state index contributed by atoms with van der Waals surface area (Å²) in [4.78, 5) is 29.3. The molecule has 1 N–H and O–H groups in total. The Bertz CT molecular complexity index is 1340. The third-order valence-electron chi connectivity index (χ3n) is 4.71. The highest BCUT2D eigenvalue weighted by atomic mass is 35.5. The Kier molecular flexibility index (Phi) is 6.01. The minimum absolute atomic E-state index is 0.0670. The lowest BCUT2D eigenvalue weighted by Gasteiger charge is -2.09. The van der Waals surface area contributed by atoms with Gasteiger partial charge in [0.25, 0.3) is 11.5 Å². The van der Waals surface area contributed by atoms with E-state index in [1.807, 2.05) is 0 Å². The van der Waals surface area contributed by atoms with Crippen LogP contribution in [0.3, 0.4) is 0 Å². The number of carbonyl (C=O) groups is 1. The lowest BCUT2D eigenvalue weighted by atomic mass is 10.2. The Morgan fingerprint density at radius 2 is 1.97 bits per heavy atom. The summed E-state index contributed by atoms with van der Waals surface area (Å²) in [5.41, 5.74) is 0.761. The Labute approximate surface area is 186 Å². The fraction of sp³-hybridized carbons (Fsp3) is 0.143. The van der Waals surface area contributed by atoms with Crippen molar-refractivity contribution in [2.45, 2.75) is 13.1 Å². The largest absolute Gasteiger partial charge is 0.350 e. The topological polar surface area (TPSA) is 81.8 Å². The molecule has 0 aliphatic rings. The van der Waals surface area contributed by atoms with Crippen LogP contribution in [0.25, 0.3) is 11.0 Å². The highest BCUT2D eigenvalue weighted by Gasteiger charge is 2.13. The van der Waals surface area contributed by atoms with Gasteiger partial charge in [-0.1, -0.05) is 41.4 Å². The van der Waals surface area contributed by atoms with Gasteiger partial charge in [-0.15, -0.1) is 0 Å². The summed E-state index contributed by atoms with van der Waals surface area (Å²) in [5.74, 6) is -0.736. The van der Waals surface area contributed by atoms with Crippen LogP contribution in [0.15, 0.2) is 59.8 Å². The summed E-state index contributed by atoms with van der Waals surface area (Å²) in [6.45, 7) is 0.607. The third kappa shape index (κ3) is 4.45. The fourth-order valence-electron chi connectivity index (χ4n) is 3.13. The van der Waals surface area contributed by atoms with Crippen LogP contribution in [-0.2, 0) is 13.1 Å². The first-order chi connectivity index (χ1) is 14.9. The highest BCUT2D eigenvalue weighted by Crippen LogP contribution is 2.20. The number of nitrogens with zero attached hydrogens (tertiary/aromatic N) is 4. The van der Waals surface area contributed by atoms with Crippen molar-refractivity contribution in [1.29, 1.82) is 0 Å². The first kappa shape index (κ1) is 21.0. The van der Waals surface area contributed by atoms with Crippen molar-refractivity contribution in [2.75, 3.05) is 6.54 Å². The maximum absolute atomic E-state index is 13.9. The van der Waals surface area contributed by atoms with Gasteiger partial charge in [0.1, 0.15) is 17.5 Å². The molecule has 10 heteroatoms. The Balaban J connectivity index is 1.47. The summed E-state index contributed by atoms with van der Waals surface area (Å²) < 4.78 is 16.7. The van der Waals surface area contributed by atoms with Gasteiger partial charge >= 0.3 is 0 Å². The zero-order valence-corrected chi connectivity index (χ0v) is 17.6. The van der Waals surface area contributed by atoms with Crippen LogP contribution in [0.2, 0.25) is 10.0 Å². The van der Waals surface area contributed by atoms with E-state index >= 15 is 0 Å². The number of rotatable bonds is 6. The molecule has 0 aliphatic carbocycles. The summed E-state index contributed by atoms with van der Waals surface area (Å²) in [7, 11) is 0. The average Bonchev–Trinajstić information content (AvgIpc) is 3.15. The Morgan fingerprint density at radius 3 is 2.74 bits per heavy atom. The van der Waals surface area contributed by atoms with E-state index in [-0.39, 0.29) is 35.4 Å². The van der Waals surface area contributed by atoms with E-state index in [0.717, 1.165) is 0 Å². The molecule has 0 radical (unpaired) electrons. The first-order valence-corrected chi connectivity index (χ1v) is 10.1. The molecule has 158 valence electrons. The third-order valence-corrected chi connectivity index (χ3v) is 5.25. The molecule has 0 unspecified atom stereocenters. The number of hydrogen-bond acceptors (Lipinski definition) is 4. The van der Waals surface area contributed by atoms with Crippen molar-refractivity contribution >= 4 is 40.1 Å². The van der Waals surface area contributed by atoms with E-state index in [1.54, 1.807) is 30.3 Å². The fourth-order valence-corrected chi connectivity index (χ4v) is 3.62. The van der Waals surface area contributed by atoms with Crippen LogP contribution in [-0.4, -0.2) is 31.8 Å². The summed E-state index contributed by atoms with van der Waals surface area (Å²) >= 11 is 11.9. The molecular formula is C21H16Cl2FN5O2. The van der Waals surface area contributed by atoms with Gasteiger partial charge in [0.05, 0.1) is 29.9 Å². The molecule has 4 aromatic rings. The number of nitrogens with one attached hydrogen (secondary N) is 1. The Morgan fingerprint density at radius 1 is 1.16 bits per heavy atom. The van der Waals surface area contributed by atoms with Crippen LogP contribution in [0.4, 0.5) is 4.39 Å². The monoisotopic (exact) mass is 459 g/mol. The molecule has 0 saturated carbocycles. The molecule has 0 bridgehead atoms. The molecule has 4 rings (SSSR count). The minimum Gasteiger partial charge on any atom is -0.350 e. The molecule has 2 heterocycles. The van der Waals surface area contributed by atoms with Gasteiger partial charge < -0.3 is 5.32 Å². The predicted octanol–water partition coefficient (Wildman–Crippen LogP) is 3.52. The van der Waals surface area contributed by atoms with Crippen LogP contribution in [0, 0.1) is 5.82 Å². The van der Waals surface area contributed by atoms with Crippen molar-refractivity contribution < 1.29 is 9.18 Å². The standard InChI is InChI=1S/C21H16Cl2FN5O2/c22-14-5-6-15(17(23)9-14)20(30)25-7-8-29-19-16(10-27-29)21(31)28(12-26-19)11-13-3-1-2-4-18(13)24/h1-6,9-10,12H,7-8,11H2,(H,25,30). The molecule has 31 heavy (non-hydrogen) atoms. The molecule has 2 aromatic heterocycles. The van der Waals surface area contributed by atoms with Crippen LogP contribution in [0.5, 0.6) is 0 Å². The molecule has 0 fully saturated rings. The van der Waals surface area contributed by atoms with Gasteiger partial charge in [-0.05, 0) is 24.3 Å². The van der Waals surface area contributed by atoms with Crippen LogP contribution in [0.1, 0.15) is 15.9 Å². The van der Waals surface area contributed by atoms with Gasteiger partial charge in [-0.2, -0.15) is 5.10 Å². The maximum Gasteiger partial charge on any atom is 0.264 e. The molecule has 2 aromatic carbocycles. The molecule has 0 atom stereocenters. The number of aromatic nitrogens is 4. The molecule has 7 nitrogen and oxygen atoms in total. The quantitative estimate of drug-likeness (QED) is 0.478. The van der Waals surface area contributed by atoms with Crippen molar-refractivity contribution in [2.24, 2.45) is 0 Å². The second-order valence-electron chi connectivity index (χ2n) is 6.75. The normalized spacial score (nSPS) is 11.1. The van der Waals surface area contributed by atoms with Gasteiger partial charge in [-0.3, -0.25) is 14.2 Å². The van der Waals surface area contributed by atoms with E-state index in [0.29, 0.717) is 33.7 Å². The second-order valence-corrected chi connectivity index (χ2v) is 7.60. The molecule has 0 aliphatic heterocycles. The summed E-state index contributed by atoms with van der Waals surface area (Å²) in [6.07, 6.45) is 2.78. The lowest BCUT2D eigenvalue weighted by molar-refractivity contribution is 0.0952. The number of amides is 1. The summed E-state index contributed by atoms with van der Waals surface area (Å²) in [6, 6.07) is 10.9. The molecule has 0 spiro atoms. The van der Waals surface area contributed by atoms with E-state index in [2.05, 4.69) is 15.4 Å². The first-order valence-electron chi connectivity index (χ1n) is 9.31. The van der Waals surface area contributed by atoms with Crippen LogP contribution < -0.4 is 10.9 Å². The van der Waals surface area contributed by atoms with E-state index in [9.17, 15) is 14.0 Å². The summed E-state index contributed by atoms with van der Waals surface area (Å²) in [5, 5.41) is 7.95. The van der Waals surface area contributed by atoms with Gasteiger partial charge in [0.15, 0.2) is 5.65 Å². The Hall–Kier alpha value is -3.23. The molecular weight excluding hydrogens is 444 g/mol. The number of carbonyl (C=O) groups excluding carboxylic acids is 1. The van der Waals surface area contributed by atoms with Crippen molar-refractivity contribution in [1.82, 2.24) is 24.6 Å².